The van der Waals surface area contributed by atoms with Crippen LogP contribution < -0.4 is 10.1 Å². The summed E-state index contributed by atoms with van der Waals surface area (Å²) in [6.07, 6.45) is 2.67. The van der Waals surface area contributed by atoms with E-state index in [1.165, 1.54) is 19.4 Å². The number of methoxy groups -OCH3 is 1. The summed E-state index contributed by atoms with van der Waals surface area (Å²) in [5.74, 6) is 0.853. The zero-order valence-corrected chi connectivity index (χ0v) is 13.4. The van der Waals surface area contributed by atoms with Gasteiger partial charge in [-0.25, -0.2) is 0 Å². The van der Waals surface area contributed by atoms with E-state index in [-0.39, 0.29) is 12.1 Å². The number of nitrogens with one attached hydrogen (secondary N) is 1. The highest BCUT2D eigenvalue weighted by Gasteiger charge is 2.36. The first-order chi connectivity index (χ1) is 10.2. The highest BCUT2D eigenvalue weighted by Crippen LogP contribution is 2.34. The third kappa shape index (κ3) is 3.04. The van der Waals surface area contributed by atoms with Crippen molar-refractivity contribution in [2.24, 2.45) is 0 Å². The van der Waals surface area contributed by atoms with E-state index in [0.717, 1.165) is 29.5 Å². The smallest absolute Gasteiger partial charge is 0.123 e. The molecule has 116 valence electrons. The molecular formula is C16H23ClN2O2. The molecule has 1 aromatic carbocycles. The fourth-order valence-corrected chi connectivity index (χ4v) is 3.71. The lowest BCUT2D eigenvalue weighted by Crippen LogP contribution is -2.50. The topological polar surface area (TPSA) is 33.7 Å². The van der Waals surface area contributed by atoms with Gasteiger partial charge in [-0.1, -0.05) is 11.6 Å². The number of rotatable bonds is 4. The number of hydrogen-bond acceptors (Lipinski definition) is 4. The lowest BCUT2D eigenvalue weighted by molar-refractivity contribution is -0.0645. The van der Waals surface area contributed by atoms with Crippen LogP contribution in [-0.4, -0.2) is 50.9 Å². The van der Waals surface area contributed by atoms with Gasteiger partial charge in [-0.15, -0.1) is 0 Å². The van der Waals surface area contributed by atoms with Gasteiger partial charge in [-0.3, -0.25) is 4.90 Å². The van der Waals surface area contributed by atoms with Crippen LogP contribution >= 0.6 is 11.6 Å². The van der Waals surface area contributed by atoms with Crippen molar-refractivity contribution in [3.8, 4) is 5.75 Å². The summed E-state index contributed by atoms with van der Waals surface area (Å²) >= 11 is 6.17. The number of benzene rings is 1. The van der Waals surface area contributed by atoms with Crippen LogP contribution in [0.3, 0.4) is 0 Å². The van der Waals surface area contributed by atoms with Crippen LogP contribution in [0, 0.1) is 0 Å². The van der Waals surface area contributed by atoms with Crippen LogP contribution in [-0.2, 0) is 4.74 Å². The van der Waals surface area contributed by atoms with Crippen molar-refractivity contribution >= 4 is 11.6 Å². The largest absolute Gasteiger partial charge is 0.496 e. The third-order valence-electron chi connectivity index (χ3n) is 4.63. The predicted molar refractivity (Wildman–Crippen MR) is 84.1 cm³/mol. The lowest BCUT2D eigenvalue weighted by Gasteiger charge is -2.39. The van der Waals surface area contributed by atoms with Crippen molar-refractivity contribution in [2.75, 3.05) is 33.9 Å². The molecule has 2 aliphatic heterocycles. The second kappa shape index (κ2) is 6.53. The molecule has 21 heavy (non-hydrogen) atoms. The monoisotopic (exact) mass is 310 g/mol. The Morgan fingerprint density at radius 1 is 1.48 bits per heavy atom. The van der Waals surface area contributed by atoms with E-state index in [2.05, 4.69) is 10.2 Å². The van der Waals surface area contributed by atoms with Crippen molar-refractivity contribution in [1.82, 2.24) is 10.2 Å². The highest BCUT2D eigenvalue weighted by atomic mass is 35.5. The fourth-order valence-electron chi connectivity index (χ4n) is 3.53. The number of morpholine rings is 1. The van der Waals surface area contributed by atoms with Gasteiger partial charge in [0.25, 0.3) is 0 Å². The van der Waals surface area contributed by atoms with Gasteiger partial charge in [0.15, 0.2) is 0 Å². The molecule has 0 amide bonds. The summed E-state index contributed by atoms with van der Waals surface area (Å²) in [6.45, 7) is 2.98. The van der Waals surface area contributed by atoms with Crippen LogP contribution in [0.1, 0.15) is 24.4 Å². The minimum atomic E-state index is 0.0835. The first kappa shape index (κ1) is 15.1. The average molecular weight is 311 g/mol. The SMILES string of the molecule is CNC(c1cc(Cl)ccc1OC)C1CN2CCCC2CO1. The molecule has 3 unspecified atom stereocenters. The summed E-state index contributed by atoms with van der Waals surface area (Å²) in [5, 5.41) is 4.10. The fraction of sp³-hybridized carbons (Fsp3) is 0.625. The van der Waals surface area contributed by atoms with Gasteiger partial charge in [-0.05, 0) is 44.6 Å². The van der Waals surface area contributed by atoms with Crippen molar-refractivity contribution in [3.05, 3.63) is 28.8 Å². The number of nitrogens with zero attached hydrogens (tertiary/aromatic N) is 1. The van der Waals surface area contributed by atoms with Crippen LogP contribution in [0.15, 0.2) is 18.2 Å². The summed E-state index contributed by atoms with van der Waals surface area (Å²) in [6, 6.07) is 6.44. The molecule has 2 fully saturated rings. The molecule has 0 bridgehead atoms. The molecule has 1 N–H and O–H groups in total. The van der Waals surface area contributed by atoms with Gasteiger partial charge >= 0.3 is 0 Å². The normalized spacial score (nSPS) is 27.4. The lowest BCUT2D eigenvalue weighted by atomic mass is 9.98. The molecule has 3 rings (SSSR count). The quantitative estimate of drug-likeness (QED) is 0.926. The van der Waals surface area contributed by atoms with Gasteiger partial charge in [0.1, 0.15) is 5.75 Å². The second-order valence-electron chi connectivity index (χ2n) is 5.82. The Bertz CT molecular complexity index is 497. The van der Waals surface area contributed by atoms with Crippen molar-refractivity contribution in [3.63, 3.8) is 0 Å². The molecule has 0 aliphatic carbocycles. The standard InChI is InChI=1S/C16H23ClN2O2/c1-18-16(13-8-11(17)5-6-14(13)20-2)15-9-19-7-3-4-12(19)10-21-15/h5-6,8,12,15-16,18H,3-4,7,9-10H2,1-2H3. The maximum Gasteiger partial charge on any atom is 0.123 e. The third-order valence-corrected chi connectivity index (χ3v) is 4.86. The minimum Gasteiger partial charge on any atom is -0.496 e. The Kier molecular flexibility index (Phi) is 4.69. The Hall–Kier alpha value is -0.810. The molecule has 4 nitrogen and oxygen atoms in total. The maximum absolute atomic E-state index is 6.17. The van der Waals surface area contributed by atoms with Gasteiger partial charge in [-0.2, -0.15) is 0 Å². The molecule has 2 heterocycles. The van der Waals surface area contributed by atoms with E-state index in [9.17, 15) is 0 Å². The van der Waals surface area contributed by atoms with Crippen LogP contribution in [0.5, 0.6) is 5.75 Å². The number of halogens is 1. The zero-order chi connectivity index (χ0) is 14.8. The average Bonchev–Trinajstić information content (AvgIpc) is 2.96. The van der Waals surface area contributed by atoms with Gasteiger partial charge in [0.2, 0.25) is 0 Å². The van der Waals surface area contributed by atoms with E-state index >= 15 is 0 Å². The second-order valence-corrected chi connectivity index (χ2v) is 6.25. The van der Waals surface area contributed by atoms with Crippen molar-refractivity contribution in [1.29, 1.82) is 0 Å². The van der Waals surface area contributed by atoms with Gasteiger partial charge < -0.3 is 14.8 Å². The van der Waals surface area contributed by atoms with Crippen LogP contribution in [0.25, 0.3) is 0 Å². The van der Waals surface area contributed by atoms with Crippen molar-refractivity contribution < 1.29 is 9.47 Å². The number of ether oxygens (including phenoxy) is 2. The molecular weight excluding hydrogens is 288 g/mol. The van der Waals surface area contributed by atoms with Crippen molar-refractivity contribution in [2.45, 2.75) is 31.0 Å². The molecule has 1 aromatic rings. The molecule has 3 atom stereocenters. The molecule has 2 saturated heterocycles. The Labute approximate surface area is 131 Å². The summed E-state index contributed by atoms with van der Waals surface area (Å²) in [4.78, 5) is 2.55. The van der Waals surface area contributed by atoms with Crippen LogP contribution in [0.2, 0.25) is 5.02 Å². The number of likely N-dealkylation sites (N-methyl/N-ethyl adjacent to an activating group) is 1. The molecule has 2 aliphatic rings. The van der Waals surface area contributed by atoms with Gasteiger partial charge in [0, 0.05) is 23.2 Å². The van der Waals surface area contributed by atoms with E-state index in [0.29, 0.717) is 6.04 Å². The maximum atomic E-state index is 6.17. The predicted octanol–water partition coefficient (Wildman–Crippen LogP) is 2.47. The Morgan fingerprint density at radius 2 is 2.33 bits per heavy atom. The number of fused-ring (bicyclic) bond motifs is 1. The molecule has 0 saturated carbocycles. The molecule has 5 heteroatoms. The summed E-state index contributed by atoms with van der Waals surface area (Å²) in [7, 11) is 3.65. The molecule has 0 radical (unpaired) electrons. The summed E-state index contributed by atoms with van der Waals surface area (Å²) in [5.41, 5.74) is 1.06. The highest BCUT2D eigenvalue weighted by molar-refractivity contribution is 6.30. The van der Waals surface area contributed by atoms with E-state index < -0.39 is 0 Å². The summed E-state index contributed by atoms with van der Waals surface area (Å²) < 4.78 is 11.6. The molecule has 0 spiro atoms. The van der Waals surface area contributed by atoms with Crippen LogP contribution in [0.4, 0.5) is 0 Å². The zero-order valence-electron chi connectivity index (χ0n) is 12.6. The minimum absolute atomic E-state index is 0.0835. The van der Waals surface area contributed by atoms with Gasteiger partial charge in [0.05, 0.1) is 25.9 Å². The first-order valence-electron chi connectivity index (χ1n) is 7.59. The first-order valence-corrected chi connectivity index (χ1v) is 7.97. The molecule has 0 aromatic heterocycles. The van der Waals surface area contributed by atoms with E-state index in [1.807, 2.05) is 25.2 Å². The Balaban J connectivity index is 1.83. The number of hydrogen-bond donors (Lipinski definition) is 1. The van der Waals surface area contributed by atoms with E-state index in [4.69, 9.17) is 21.1 Å². The Morgan fingerprint density at radius 3 is 3.10 bits per heavy atom. The van der Waals surface area contributed by atoms with E-state index in [1.54, 1.807) is 7.11 Å².